The van der Waals surface area contributed by atoms with Gasteiger partial charge in [0.25, 0.3) is 14.4 Å². The van der Waals surface area contributed by atoms with Gasteiger partial charge >= 0.3 is 0 Å². The van der Waals surface area contributed by atoms with Crippen molar-refractivity contribution in [3.05, 3.63) is 29.8 Å². The van der Waals surface area contributed by atoms with E-state index in [-0.39, 0.29) is 15.4 Å². The van der Waals surface area contributed by atoms with Crippen molar-refractivity contribution in [1.29, 1.82) is 0 Å². The van der Waals surface area contributed by atoms with E-state index in [1.54, 1.807) is 46.1 Å². The van der Waals surface area contributed by atoms with Crippen LogP contribution in [0.1, 0.15) is 26.3 Å². The molecule has 1 heterocycles. The smallest absolute Gasteiger partial charge is 0.291 e. The van der Waals surface area contributed by atoms with Gasteiger partial charge in [-0.05, 0) is 17.7 Å². The van der Waals surface area contributed by atoms with E-state index in [1.807, 2.05) is 6.07 Å². The van der Waals surface area contributed by atoms with Crippen molar-refractivity contribution >= 4 is 38.1 Å². The van der Waals surface area contributed by atoms with Crippen LogP contribution in [-0.2, 0) is 26.2 Å². The number of benzene rings is 1. The van der Waals surface area contributed by atoms with E-state index in [4.69, 9.17) is 4.74 Å². The second kappa shape index (κ2) is 7.46. The van der Waals surface area contributed by atoms with Gasteiger partial charge in [-0.1, -0.05) is 44.2 Å². The number of hydrogen-bond acceptors (Lipinski definition) is 7. The lowest BCUT2D eigenvalue weighted by molar-refractivity contribution is -0.123. The van der Waals surface area contributed by atoms with Crippen LogP contribution in [0.4, 0.5) is 10.8 Å². The molecule has 0 aliphatic heterocycles. The number of nitrogens with zero attached hydrogens (tertiary/aromatic N) is 2. The Morgan fingerprint density at radius 2 is 2.00 bits per heavy atom. The summed E-state index contributed by atoms with van der Waals surface area (Å²) >= 11 is 0.789. The summed E-state index contributed by atoms with van der Waals surface area (Å²) in [5, 5.41) is 10.1. The second-order valence-electron chi connectivity index (χ2n) is 6.32. The highest BCUT2D eigenvalue weighted by molar-refractivity contribution is 7.94. The molecular formula is C15H20N4O4S2. The van der Waals surface area contributed by atoms with Crippen LogP contribution < -0.4 is 10.0 Å². The van der Waals surface area contributed by atoms with Crippen molar-refractivity contribution in [1.82, 2.24) is 10.2 Å². The van der Waals surface area contributed by atoms with Crippen molar-refractivity contribution in [2.24, 2.45) is 5.41 Å². The monoisotopic (exact) mass is 384 g/mol. The Kier molecular flexibility index (Phi) is 5.76. The zero-order valence-corrected chi connectivity index (χ0v) is 16.0. The first kappa shape index (κ1) is 19.3. The number of rotatable bonds is 6. The third-order valence-electron chi connectivity index (χ3n) is 3.03. The molecule has 2 aromatic rings. The summed E-state index contributed by atoms with van der Waals surface area (Å²) in [7, 11) is -2.33. The van der Waals surface area contributed by atoms with E-state index in [0.717, 1.165) is 16.9 Å². The number of anilines is 2. The van der Waals surface area contributed by atoms with Gasteiger partial charge in [-0.15, -0.1) is 10.2 Å². The molecule has 0 aliphatic carbocycles. The van der Waals surface area contributed by atoms with Crippen LogP contribution in [0, 0.1) is 5.41 Å². The molecule has 0 aliphatic rings. The molecule has 8 nitrogen and oxygen atoms in total. The normalized spacial score (nSPS) is 12.0. The quantitative estimate of drug-likeness (QED) is 0.740. The summed E-state index contributed by atoms with van der Waals surface area (Å²) in [6.45, 7) is 5.61. The summed E-state index contributed by atoms with van der Waals surface area (Å²) in [6.07, 6.45) is 0. The van der Waals surface area contributed by atoms with Crippen LogP contribution in [0.25, 0.3) is 0 Å². The minimum Gasteiger partial charge on any atom is -0.380 e. The van der Waals surface area contributed by atoms with Crippen LogP contribution in [0.5, 0.6) is 0 Å². The highest BCUT2D eigenvalue weighted by atomic mass is 32.2. The summed E-state index contributed by atoms with van der Waals surface area (Å²) in [5.41, 5.74) is 0.605. The summed E-state index contributed by atoms with van der Waals surface area (Å²) < 4.78 is 32.1. The first-order valence-electron chi connectivity index (χ1n) is 7.37. The molecule has 136 valence electrons. The van der Waals surface area contributed by atoms with Gasteiger partial charge in [-0.3, -0.25) is 9.52 Å². The summed E-state index contributed by atoms with van der Waals surface area (Å²) in [5.74, 6) is -0.271. The Bertz CT molecular complexity index is 856. The van der Waals surface area contributed by atoms with Crippen LogP contribution in [0.3, 0.4) is 0 Å². The highest BCUT2D eigenvalue weighted by Crippen LogP contribution is 2.25. The van der Waals surface area contributed by atoms with Crippen molar-refractivity contribution in [3.63, 3.8) is 0 Å². The van der Waals surface area contributed by atoms with Gasteiger partial charge in [0.1, 0.15) is 0 Å². The zero-order chi connectivity index (χ0) is 18.7. The fourth-order valence-corrected chi connectivity index (χ4v) is 3.69. The molecular weight excluding hydrogens is 364 g/mol. The molecule has 2 rings (SSSR count). The fourth-order valence-electron chi connectivity index (χ4n) is 1.74. The van der Waals surface area contributed by atoms with Crippen molar-refractivity contribution < 1.29 is 17.9 Å². The van der Waals surface area contributed by atoms with E-state index in [9.17, 15) is 13.2 Å². The van der Waals surface area contributed by atoms with Gasteiger partial charge in [-0.25, -0.2) is 0 Å². The Morgan fingerprint density at radius 3 is 2.64 bits per heavy atom. The van der Waals surface area contributed by atoms with E-state index in [2.05, 4.69) is 20.2 Å². The van der Waals surface area contributed by atoms with Gasteiger partial charge in [0, 0.05) is 18.2 Å². The van der Waals surface area contributed by atoms with Gasteiger partial charge < -0.3 is 10.1 Å². The zero-order valence-electron chi connectivity index (χ0n) is 14.4. The lowest BCUT2D eigenvalue weighted by atomic mass is 9.96. The number of ether oxygens (including phenoxy) is 1. The standard InChI is InChI=1S/C15H20N4O4S2/c1-15(2,3)12(20)16-13-17-18-14(24-13)25(21,22)19-11-7-5-6-10(8-11)9-23-4/h5-8,19H,9H2,1-4H3,(H,16,17,20). The number of aromatic nitrogens is 2. The molecule has 10 heteroatoms. The molecule has 0 saturated carbocycles. The van der Waals surface area contributed by atoms with Gasteiger partial charge in [0.05, 0.1) is 6.61 Å². The number of methoxy groups -OCH3 is 1. The number of sulfonamides is 1. The molecule has 2 N–H and O–H groups in total. The first-order chi connectivity index (χ1) is 11.6. The Labute approximate surface area is 150 Å². The average molecular weight is 384 g/mol. The Balaban J connectivity index is 2.15. The highest BCUT2D eigenvalue weighted by Gasteiger charge is 2.25. The number of hydrogen-bond donors (Lipinski definition) is 2. The number of amides is 1. The predicted molar refractivity (Wildman–Crippen MR) is 96.0 cm³/mol. The number of nitrogens with one attached hydrogen (secondary N) is 2. The molecule has 25 heavy (non-hydrogen) atoms. The van der Waals surface area contributed by atoms with Crippen LogP contribution >= 0.6 is 11.3 Å². The lowest BCUT2D eigenvalue weighted by Crippen LogP contribution is -2.27. The van der Waals surface area contributed by atoms with Crippen molar-refractivity contribution in [2.75, 3.05) is 17.1 Å². The molecule has 0 atom stereocenters. The van der Waals surface area contributed by atoms with Crippen LogP contribution in [0.15, 0.2) is 28.6 Å². The molecule has 0 bridgehead atoms. The van der Waals surface area contributed by atoms with E-state index in [1.165, 1.54) is 0 Å². The van der Waals surface area contributed by atoms with Crippen LogP contribution in [-0.4, -0.2) is 31.6 Å². The predicted octanol–water partition coefficient (Wildman–Crippen LogP) is 2.47. The molecule has 0 unspecified atom stereocenters. The van der Waals surface area contributed by atoms with E-state index < -0.39 is 15.4 Å². The molecule has 0 fully saturated rings. The van der Waals surface area contributed by atoms with Gasteiger partial charge in [0.2, 0.25) is 11.0 Å². The maximum absolute atomic E-state index is 12.4. The Hall–Kier alpha value is -2.04. The molecule has 0 saturated heterocycles. The summed E-state index contributed by atoms with van der Waals surface area (Å²) in [4.78, 5) is 11.9. The third-order valence-corrected chi connectivity index (χ3v) is 5.62. The molecule has 1 amide bonds. The maximum Gasteiger partial charge on any atom is 0.291 e. The van der Waals surface area contributed by atoms with Gasteiger partial charge in [-0.2, -0.15) is 8.42 Å². The minimum atomic E-state index is -3.89. The molecule has 1 aromatic heterocycles. The largest absolute Gasteiger partial charge is 0.380 e. The lowest BCUT2D eigenvalue weighted by Gasteiger charge is -2.15. The Morgan fingerprint density at radius 1 is 1.28 bits per heavy atom. The fraction of sp³-hybridized carbons (Fsp3) is 0.400. The van der Waals surface area contributed by atoms with Gasteiger partial charge in [0.15, 0.2) is 0 Å². The molecule has 0 radical (unpaired) electrons. The number of carbonyl (C=O) groups excluding carboxylic acids is 1. The summed E-state index contributed by atoms with van der Waals surface area (Å²) in [6, 6.07) is 6.85. The molecule has 0 spiro atoms. The second-order valence-corrected chi connectivity index (χ2v) is 9.15. The van der Waals surface area contributed by atoms with Crippen molar-refractivity contribution in [2.45, 2.75) is 31.7 Å². The average Bonchev–Trinajstić information content (AvgIpc) is 2.96. The van der Waals surface area contributed by atoms with E-state index >= 15 is 0 Å². The topological polar surface area (TPSA) is 110 Å². The SMILES string of the molecule is COCc1cccc(NS(=O)(=O)c2nnc(NC(=O)C(C)(C)C)s2)c1. The first-order valence-corrected chi connectivity index (χ1v) is 9.67. The van der Waals surface area contributed by atoms with Crippen LogP contribution in [0.2, 0.25) is 0 Å². The maximum atomic E-state index is 12.4. The van der Waals surface area contributed by atoms with E-state index in [0.29, 0.717) is 12.3 Å². The number of carbonyl (C=O) groups is 1. The minimum absolute atomic E-state index is 0.133. The van der Waals surface area contributed by atoms with Crippen molar-refractivity contribution in [3.8, 4) is 0 Å². The third kappa shape index (κ3) is 5.21. The molecule has 1 aromatic carbocycles.